The maximum Gasteiger partial charge on any atom is 0.151 e. The molecule has 1 aromatic heterocycles. The van der Waals surface area contributed by atoms with Gasteiger partial charge in [0.1, 0.15) is 11.3 Å². The second kappa shape index (κ2) is 5.17. The quantitative estimate of drug-likeness (QED) is 0.929. The van der Waals surface area contributed by atoms with Crippen LogP contribution in [0.3, 0.4) is 0 Å². The van der Waals surface area contributed by atoms with Crippen molar-refractivity contribution < 1.29 is 4.39 Å². The minimum absolute atomic E-state index is 0.149. The van der Waals surface area contributed by atoms with Gasteiger partial charge in [0, 0.05) is 18.5 Å². The van der Waals surface area contributed by atoms with E-state index >= 15 is 0 Å². The van der Waals surface area contributed by atoms with Crippen LogP contribution in [-0.2, 0) is 13.0 Å². The highest BCUT2D eigenvalue weighted by Crippen LogP contribution is 2.31. The molecule has 0 aliphatic heterocycles. The highest BCUT2D eigenvalue weighted by atomic mass is 19.1. The lowest BCUT2D eigenvalue weighted by atomic mass is 9.94. The van der Waals surface area contributed by atoms with Gasteiger partial charge >= 0.3 is 0 Å². The molecule has 3 rings (SSSR count). The molecule has 1 saturated carbocycles. The van der Waals surface area contributed by atoms with E-state index in [1.165, 1.54) is 18.9 Å². The molecule has 0 atom stereocenters. The number of hydrogen-bond acceptors (Lipinski definition) is 2. The normalized spacial score (nSPS) is 17.9. The standard InChI is InChI=1S/C16H22FN3/c1-2-10-20-13-7-5-6-12(17)15(13)19-14(20)11-16(18)8-3-4-9-16/h5-7H,2-4,8-11,18H2,1H3. The topological polar surface area (TPSA) is 43.8 Å². The summed E-state index contributed by atoms with van der Waals surface area (Å²) in [4.78, 5) is 4.55. The summed E-state index contributed by atoms with van der Waals surface area (Å²) in [6.45, 7) is 2.99. The van der Waals surface area contributed by atoms with Crippen LogP contribution in [0.15, 0.2) is 18.2 Å². The van der Waals surface area contributed by atoms with Gasteiger partial charge in [-0.3, -0.25) is 0 Å². The Hall–Kier alpha value is -1.42. The summed E-state index contributed by atoms with van der Waals surface area (Å²) >= 11 is 0. The van der Waals surface area contributed by atoms with Crippen molar-refractivity contribution in [2.24, 2.45) is 5.73 Å². The van der Waals surface area contributed by atoms with Gasteiger partial charge in [0.25, 0.3) is 0 Å². The van der Waals surface area contributed by atoms with E-state index in [1.54, 1.807) is 6.07 Å². The van der Waals surface area contributed by atoms with Crippen LogP contribution in [0.25, 0.3) is 11.0 Å². The van der Waals surface area contributed by atoms with Gasteiger partial charge in [-0.1, -0.05) is 25.8 Å². The lowest BCUT2D eigenvalue weighted by Gasteiger charge is -2.23. The van der Waals surface area contributed by atoms with Crippen molar-refractivity contribution in [3.63, 3.8) is 0 Å². The number of imidazole rings is 1. The van der Waals surface area contributed by atoms with E-state index in [-0.39, 0.29) is 11.4 Å². The molecule has 0 unspecified atom stereocenters. The molecule has 0 radical (unpaired) electrons. The number of fused-ring (bicyclic) bond motifs is 1. The number of hydrogen-bond donors (Lipinski definition) is 1. The predicted molar refractivity (Wildman–Crippen MR) is 79.1 cm³/mol. The van der Waals surface area contributed by atoms with E-state index in [4.69, 9.17) is 5.73 Å². The zero-order valence-corrected chi connectivity index (χ0v) is 12.0. The third kappa shape index (κ3) is 2.33. The molecule has 20 heavy (non-hydrogen) atoms. The zero-order valence-electron chi connectivity index (χ0n) is 12.0. The average Bonchev–Trinajstić information content (AvgIpc) is 2.98. The minimum Gasteiger partial charge on any atom is -0.328 e. The third-order valence-corrected chi connectivity index (χ3v) is 4.37. The molecule has 1 fully saturated rings. The Morgan fingerprint density at radius 1 is 1.35 bits per heavy atom. The fraction of sp³-hybridized carbons (Fsp3) is 0.562. The van der Waals surface area contributed by atoms with Crippen molar-refractivity contribution in [3.8, 4) is 0 Å². The summed E-state index contributed by atoms with van der Waals surface area (Å²) in [6.07, 6.45) is 6.24. The van der Waals surface area contributed by atoms with Gasteiger partial charge < -0.3 is 10.3 Å². The number of para-hydroxylation sites is 1. The number of rotatable bonds is 4. The highest BCUT2D eigenvalue weighted by Gasteiger charge is 2.31. The molecule has 1 aliphatic carbocycles. The first-order valence-corrected chi connectivity index (χ1v) is 7.55. The van der Waals surface area contributed by atoms with E-state index in [0.717, 1.165) is 43.6 Å². The molecule has 3 nitrogen and oxygen atoms in total. The largest absolute Gasteiger partial charge is 0.328 e. The van der Waals surface area contributed by atoms with Gasteiger partial charge in [-0.05, 0) is 31.4 Å². The predicted octanol–water partition coefficient (Wildman–Crippen LogP) is 3.40. The van der Waals surface area contributed by atoms with Gasteiger partial charge in [0.15, 0.2) is 5.82 Å². The molecule has 2 aromatic rings. The van der Waals surface area contributed by atoms with Crippen molar-refractivity contribution >= 4 is 11.0 Å². The molecule has 4 heteroatoms. The fourth-order valence-corrected chi connectivity index (χ4v) is 3.34. The molecule has 108 valence electrons. The Balaban J connectivity index is 2.04. The smallest absolute Gasteiger partial charge is 0.151 e. The molecule has 1 aromatic carbocycles. The molecule has 0 amide bonds. The molecule has 0 spiro atoms. The Labute approximate surface area is 119 Å². The van der Waals surface area contributed by atoms with Crippen molar-refractivity contribution in [1.29, 1.82) is 0 Å². The van der Waals surface area contributed by atoms with Crippen LogP contribution < -0.4 is 5.73 Å². The van der Waals surface area contributed by atoms with Gasteiger partial charge in [-0.2, -0.15) is 0 Å². The van der Waals surface area contributed by atoms with E-state index in [0.29, 0.717) is 5.52 Å². The number of nitrogens with zero attached hydrogens (tertiary/aromatic N) is 2. The molecular weight excluding hydrogens is 253 g/mol. The SMILES string of the molecule is CCCn1c(CC2(N)CCCC2)nc2c(F)cccc21. The van der Waals surface area contributed by atoms with Gasteiger partial charge in [-0.15, -0.1) is 0 Å². The van der Waals surface area contributed by atoms with Crippen molar-refractivity contribution in [2.75, 3.05) is 0 Å². The van der Waals surface area contributed by atoms with Crippen LogP contribution in [0.1, 0.15) is 44.9 Å². The Morgan fingerprint density at radius 2 is 2.10 bits per heavy atom. The van der Waals surface area contributed by atoms with E-state index in [1.807, 2.05) is 6.07 Å². The van der Waals surface area contributed by atoms with Crippen LogP contribution in [0, 0.1) is 5.82 Å². The third-order valence-electron chi connectivity index (χ3n) is 4.37. The maximum atomic E-state index is 13.9. The first kappa shape index (κ1) is 13.6. The van der Waals surface area contributed by atoms with E-state index < -0.39 is 0 Å². The molecule has 0 saturated heterocycles. The summed E-state index contributed by atoms with van der Waals surface area (Å²) in [7, 11) is 0. The van der Waals surface area contributed by atoms with Crippen LogP contribution in [0.4, 0.5) is 4.39 Å². The van der Waals surface area contributed by atoms with Gasteiger partial charge in [0.2, 0.25) is 0 Å². The van der Waals surface area contributed by atoms with Crippen molar-refractivity contribution in [3.05, 3.63) is 29.8 Å². The van der Waals surface area contributed by atoms with Crippen molar-refractivity contribution in [2.45, 2.75) is 57.5 Å². The first-order chi connectivity index (χ1) is 9.63. The summed E-state index contributed by atoms with van der Waals surface area (Å²) in [5.74, 6) is 0.701. The monoisotopic (exact) mass is 275 g/mol. The van der Waals surface area contributed by atoms with Gasteiger partial charge in [0.05, 0.1) is 5.52 Å². The van der Waals surface area contributed by atoms with E-state index in [2.05, 4.69) is 16.5 Å². The van der Waals surface area contributed by atoms with E-state index in [9.17, 15) is 4.39 Å². The minimum atomic E-state index is -0.240. The highest BCUT2D eigenvalue weighted by molar-refractivity contribution is 5.76. The zero-order chi connectivity index (χ0) is 14.2. The molecule has 1 aliphatic rings. The molecule has 1 heterocycles. The second-order valence-electron chi connectivity index (χ2n) is 6.03. The number of aromatic nitrogens is 2. The number of halogens is 1. The average molecular weight is 275 g/mol. The molecule has 0 bridgehead atoms. The summed E-state index contributed by atoms with van der Waals surface area (Å²) in [5.41, 5.74) is 7.70. The van der Waals surface area contributed by atoms with Crippen LogP contribution in [-0.4, -0.2) is 15.1 Å². The lowest BCUT2D eigenvalue weighted by Crippen LogP contribution is -2.39. The number of nitrogens with two attached hydrogens (primary N) is 1. The molecular formula is C16H22FN3. The first-order valence-electron chi connectivity index (χ1n) is 7.55. The summed E-state index contributed by atoms with van der Waals surface area (Å²) < 4.78 is 16.1. The van der Waals surface area contributed by atoms with Crippen LogP contribution >= 0.6 is 0 Å². The summed E-state index contributed by atoms with van der Waals surface area (Å²) in [5, 5.41) is 0. The maximum absolute atomic E-state index is 13.9. The Morgan fingerprint density at radius 3 is 2.80 bits per heavy atom. The second-order valence-corrected chi connectivity index (χ2v) is 6.03. The summed E-state index contributed by atoms with van der Waals surface area (Å²) in [6, 6.07) is 5.18. The van der Waals surface area contributed by atoms with Crippen molar-refractivity contribution in [1.82, 2.24) is 9.55 Å². The lowest BCUT2D eigenvalue weighted by molar-refractivity contribution is 0.418. The van der Waals surface area contributed by atoms with Gasteiger partial charge in [-0.25, -0.2) is 9.37 Å². The number of aryl methyl sites for hydroxylation is 1. The Kier molecular flexibility index (Phi) is 3.50. The Bertz CT molecular complexity index is 611. The molecule has 2 N–H and O–H groups in total. The fourth-order valence-electron chi connectivity index (χ4n) is 3.34. The van der Waals surface area contributed by atoms with Crippen LogP contribution in [0.2, 0.25) is 0 Å². The van der Waals surface area contributed by atoms with Crippen LogP contribution in [0.5, 0.6) is 0 Å². The number of benzene rings is 1.